The summed E-state index contributed by atoms with van der Waals surface area (Å²) in [4.78, 5) is 25.4. The Hall–Kier alpha value is -2.47. The first-order valence-corrected chi connectivity index (χ1v) is 9.46. The number of hydrazone groups is 1. The number of nitrogens with zero attached hydrogens (tertiary/aromatic N) is 3. The maximum absolute atomic E-state index is 12.7. The number of aromatic nitrogens is 1. The Morgan fingerprint density at radius 2 is 1.77 bits per heavy atom. The predicted molar refractivity (Wildman–Crippen MR) is 101 cm³/mol. The van der Waals surface area contributed by atoms with Gasteiger partial charge in [0.2, 0.25) is 0 Å². The number of allylic oxidation sites excluding steroid dienone is 2. The fourth-order valence-electron chi connectivity index (χ4n) is 4.48. The van der Waals surface area contributed by atoms with Crippen molar-refractivity contribution in [1.82, 2.24) is 9.58 Å². The molecule has 4 atom stereocenters. The Balaban J connectivity index is 1.43. The first kappa shape index (κ1) is 15.8. The molecule has 2 aliphatic carbocycles. The molecule has 0 N–H and O–H groups in total. The van der Waals surface area contributed by atoms with E-state index in [4.69, 9.17) is 0 Å². The van der Waals surface area contributed by atoms with Crippen LogP contribution < -0.4 is 0 Å². The third kappa shape index (κ3) is 2.25. The van der Waals surface area contributed by atoms with Crippen LogP contribution in [-0.4, -0.2) is 27.6 Å². The van der Waals surface area contributed by atoms with Gasteiger partial charge in [0.05, 0.1) is 23.7 Å². The highest BCUT2D eigenvalue weighted by atomic mass is 79.9. The van der Waals surface area contributed by atoms with Gasteiger partial charge >= 0.3 is 0 Å². The summed E-state index contributed by atoms with van der Waals surface area (Å²) in [6.07, 6.45) is 8.62. The van der Waals surface area contributed by atoms with Crippen molar-refractivity contribution in [2.24, 2.45) is 28.8 Å². The van der Waals surface area contributed by atoms with Gasteiger partial charge in [-0.3, -0.25) is 9.59 Å². The molecule has 26 heavy (non-hydrogen) atoms. The standard InChI is InChI=1S/C20H16BrN3O2/c21-14-3-1-4-15(10-14)23-8-2-5-16(23)11-22-24-19(25)17-12-6-7-13(9-12)18(17)20(24)26/h1-8,10-13,17-18H,9H2/t12-,13-,17-,18+/m0/s1. The van der Waals surface area contributed by atoms with Crippen LogP contribution in [0.25, 0.3) is 5.69 Å². The molecular weight excluding hydrogens is 394 g/mol. The molecule has 1 aromatic carbocycles. The fraction of sp³-hybridized carbons (Fsp3) is 0.250. The van der Waals surface area contributed by atoms with E-state index < -0.39 is 0 Å². The summed E-state index contributed by atoms with van der Waals surface area (Å²) < 4.78 is 2.94. The second kappa shape index (κ2) is 5.77. The normalized spacial score (nSPS) is 29.3. The van der Waals surface area contributed by atoms with Gasteiger partial charge in [0.1, 0.15) is 0 Å². The highest BCUT2D eigenvalue weighted by Gasteiger charge is 2.59. The van der Waals surface area contributed by atoms with E-state index >= 15 is 0 Å². The summed E-state index contributed by atoms with van der Waals surface area (Å²) in [5, 5.41) is 5.35. The molecule has 3 aliphatic rings. The smallest absolute Gasteiger partial charge is 0.254 e. The lowest BCUT2D eigenvalue weighted by Gasteiger charge is -2.13. The summed E-state index contributed by atoms with van der Waals surface area (Å²) >= 11 is 3.48. The number of rotatable bonds is 3. The van der Waals surface area contributed by atoms with Crippen LogP contribution in [0, 0.1) is 23.7 Å². The highest BCUT2D eigenvalue weighted by Crippen LogP contribution is 2.52. The van der Waals surface area contributed by atoms with E-state index in [0.29, 0.717) is 0 Å². The molecule has 1 saturated carbocycles. The van der Waals surface area contributed by atoms with Gasteiger partial charge in [-0.05, 0) is 48.6 Å². The molecule has 0 radical (unpaired) electrons. The first-order valence-electron chi connectivity index (χ1n) is 8.67. The van der Waals surface area contributed by atoms with Gasteiger partial charge in [-0.1, -0.05) is 34.1 Å². The van der Waals surface area contributed by atoms with Crippen molar-refractivity contribution >= 4 is 34.0 Å². The molecule has 6 heteroatoms. The Morgan fingerprint density at radius 3 is 2.46 bits per heavy atom. The number of amides is 2. The van der Waals surface area contributed by atoms with Crippen LogP contribution in [0.1, 0.15) is 12.1 Å². The number of hydrogen-bond acceptors (Lipinski definition) is 3. The minimum atomic E-state index is -0.216. The predicted octanol–water partition coefficient (Wildman–Crippen LogP) is 3.38. The molecule has 2 aromatic rings. The second-order valence-electron chi connectivity index (χ2n) is 7.02. The van der Waals surface area contributed by atoms with Crippen LogP contribution >= 0.6 is 15.9 Å². The fourth-order valence-corrected chi connectivity index (χ4v) is 4.86. The van der Waals surface area contributed by atoms with Gasteiger partial charge in [0, 0.05) is 16.4 Å². The van der Waals surface area contributed by atoms with Crippen LogP contribution in [0.5, 0.6) is 0 Å². The van der Waals surface area contributed by atoms with Crippen LogP contribution in [0.3, 0.4) is 0 Å². The molecule has 0 unspecified atom stereocenters. The molecule has 0 spiro atoms. The summed E-state index contributed by atoms with van der Waals surface area (Å²) in [6.45, 7) is 0. The molecule has 1 aromatic heterocycles. The molecule has 1 saturated heterocycles. The van der Waals surface area contributed by atoms with E-state index in [0.717, 1.165) is 27.3 Å². The number of carbonyl (C=O) groups is 2. The number of imide groups is 1. The molecule has 130 valence electrons. The Bertz CT molecular complexity index is 947. The van der Waals surface area contributed by atoms with Gasteiger partial charge in [0.15, 0.2) is 0 Å². The lowest BCUT2D eigenvalue weighted by atomic mass is 9.85. The number of benzene rings is 1. The minimum absolute atomic E-state index is 0.159. The van der Waals surface area contributed by atoms with Crippen LogP contribution in [0.15, 0.2) is 64.3 Å². The van der Waals surface area contributed by atoms with Crippen molar-refractivity contribution in [1.29, 1.82) is 0 Å². The second-order valence-corrected chi connectivity index (χ2v) is 7.93. The maximum Gasteiger partial charge on any atom is 0.254 e. The van der Waals surface area contributed by atoms with E-state index in [1.165, 1.54) is 0 Å². The zero-order valence-corrected chi connectivity index (χ0v) is 15.4. The lowest BCUT2D eigenvalue weighted by molar-refractivity contribution is -0.140. The summed E-state index contributed by atoms with van der Waals surface area (Å²) in [5.74, 6) is -0.347. The molecule has 5 nitrogen and oxygen atoms in total. The largest absolute Gasteiger partial charge is 0.316 e. The van der Waals surface area contributed by atoms with Crippen molar-refractivity contribution in [2.45, 2.75) is 6.42 Å². The van der Waals surface area contributed by atoms with Gasteiger partial charge in [0.25, 0.3) is 11.8 Å². The number of fused-ring (bicyclic) bond motifs is 5. The highest BCUT2D eigenvalue weighted by molar-refractivity contribution is 9.10. The third-order valence-electron chi connectivity index (χ3n) is 5.62. The molecule has 2 heterocycles. The summed E-state index contributed by atoms with van der Waals surface area (Å²) in [7, 11) is 0. The zero-order valence-electron chi connectivity index (χ0n) is 13.8. The minimum Gasteiger partial charge on any atom is -0.316 e. The van der Waals surface area contributed by atoms with Crippen molar-refractivity contribution < 1.29 is 9.59 Å². The number of halogens is 1. The number of carbonyl (C=O) groups excluding carboxylic acids is 2. The van der Waals surface area contributed by atoms with Crippen molar-refractivity contribution in [3.63, 3.8) is 0 Å². The third-order valence-corrected chi connectivity index (χ3v) is 6.11. The van der Waals surface area contributed by atoms with Crippen molar-refractivity contribution in [3.05, 3.63) is 64.9 Å². The lowest BCUT2D eigenvalue weighted by Crippen LogP contribution is -2.28. The maximum atomic E-state index is 12.7. The Morgan fingerprint density at radius 1 is 1.04 bits per heavy atom. The van der Waals surface area contributed by atoms with E-state index in [1.54, 1.807) is 6.21 Å². The van der Waals surface area contributed by atoms with Gasteiger partial charge in [-0.15, -0.1) is 0 Å². The summed E-state index contributed by atoms with van der Waals surface area (Å²) in [5.41, 5.74) is 1.78. The Kier molecular flexibility index (Phi) is 3.50. The first-order chi connectivity index (χ1) is 12.6. The zero-order chi connectivity index (χ0) is 17.8. The van der Waals surface area contributed by atoms with E-state index in [-0.39, 0.29) is 35.5 Å². The van der Waals surface area contributed by atoms with E-state index in [1.807, 2.05) is 47.2 Å². The average Bonchev–Trinajstić information content (AvgIpc) is 3.39. The topological polar surface area (TPSA) is 54.7 Å². The van der Waals surface area contributed by atoms with Crippen LogP contribution in [0.2, 0.25) is 0 Å². The quantitative estimate of drug-likeness (QED) is 0.443. The van der Waals surface area contributed by atoms with Crippen LogP contribution in [-0.2, 0) is 9.59 Å². The Labute approximate surface area is 159 Å². The van der Waals surface area contributed by atoms with E-state index in [9.17, 15) is 9.59 Å². The monoisotopic (exact) mass is 409 g/mol. The average molecular weight is 410 g/mol. The van der Waals surface area contributed by atoms with Crippen molar-refractivity contribution in [3.8, 4) is 5.69 Å². The van der Waals surface area contributed by atoms with Gasteiger partial charge in [-0.2, -0.15) is 10.1 Å². The van der Waals surface area contributed by atoms with Gasteiger partial charge < -0.3 is 4.57 Å². The number of hydrogen-bond donors (Lipinski definition) is 0. The molecule has 1 aliphatic heterocycles. The van der Waals surface area contributed by atoms with Crippen LogP contribution in [0.4, 0.5) is 0 Å². The molecule has 2 fully saturated rings. The molecule has 2 bridgehead atoms. The molecule has 2 amide bonds. The molecular formula is C20H16BrN3O2. The van der Waals surface area contributed by atoms with Gasteiger partial charge in [-0.25, -0.2) is 0 Å². The molecule has 5 rings (SSSR count). The van der Waals surface area contributed by atoms with E-state index in [2.05, 4.69) is 33.2 Å². The van der Waals surface area contributed by atoms with Crippen molar-refractivity contribution in [2.75, 3.05) is 0 Å². The SMILES string of the molecule is O=C1[C@@H]2[C@H](C(=O)N1N=Cc1cccn1-c1cccc(Br)c1)[C@H]1C=C[C@H]2C1. The summed E-state index contributed by atoms with van der Waals surface area (Å²) in [6, 6.07) is 11.7.